The van der Waals surface area contributed by atoms with Crippen LogP contribution in [0.3, 0.4) is 0 Å². The highest BCUT2D eigenvalue weighted by Crippen LogP contribution is 2.16. The molecular formula is C15H26N4O2. The van der Waals surface area contributed by atoms with Gasteiger partial charge in [-0.15, -0.1) is 0 Å². The van der Waals surface area contributed by atoms with Gasteiger partial charge in [-0.3, -0.25) is 0 Å². The number of morpholine rings is 1. The molecule has 2 atom stereocenters. The zero-order valence-corrected chi connectivity index (χ0v) is 13.1. The predicted octanol–water partition coefficient (Wildman–Crippen LogP) is 0.808. The minimum atomic E-state index is -0.162. The van der Waals surface area contributed by atoms with Crippen LogP contribution >= 0.6 is 0 Å². The first-order chi connectivity index (χ1) is 10.1. The molecule has 21 heavy (non-hydrogen) atoms. The van der Waals surface area contributed by atoms with E-state index in [0.717, 1.165) is 25.2 Å². The van der Waals surface area contributed by atoms with Crippen LogP contribution in [0.2, 0.25) is 0 Å². The highest BCUT2D eigenvalue weighted by atomic mass is 16.5. The van der Waals surface area contributed by atoms with Gasteiger partial charge in [0.05, 0.1) is 18.8 Å². The second kappa shape index (κ2) is 7.68. The molecule has 1 aromatic rings. The van der Waals surface area contributed by atoms with Gasteiger partial charge in [0.1, 0.15) is 0 Å². The molecule has 0 radical (unpaired) electrons. The molecule has 0 spiro atoms. The molecule has 2 rings (SSSR count). The van der Waals surface area contributed by atoms with Crippen molar-refractivity contribution >= 4 is 5.95 Å². The summed E-state index contributed by atoms with van der Waals surface area (Å²) in [5.74, 6) is 1.34. The fraction of sp³-hybridized carbons (Fsp3) is 0.733. The number of ether oxygens (including phenoxy) is 1. The Morgan fingerprint density at radius 2 is 2.10 bits per heavy atom. The molecule has 1 fully saturated rings. The van der Waals surface area contributed by atoms with Crippen LogP contribution < -0.4 is 10.2 Å². The van der Waals surface area contributed by atoms with Gasteiger partial charge in [0.15, 0.2) is 0 Å². The van der Waals surface area contributed by atoms with Crippen molar-refractivity contribution in [2.24, 2.45) is 5.92 Å². The molecule has 6 nitrogen and oxygen atoms in total. The molecule has 2 heterocycles. The molecule has 0 amide bonds. The van der Waals surface area contributed by atoms with Crippen LogP contribution in [0.5, 0.6) is 0 Å². The Hall–Kier alpha value is -1.24. The lowest BCUT2D eigenvalue weighted by Crippen LogP contribution is -2.48. The van der Waals surface area contributed by atoms with E-state index < -0.39 is 0 Å². The lowest BCUT2D eigenvalue weighted by atomic mass is 10.2. The van der Waals surface area contributed by atoms with Crippen LogP contribution in [0.25, 0.3) is 0 Å². The van der Waals surface area contributed by atoms with Crippen LogP contribution in [-0.2, 0) is 11.3 Å². The molecule has 0 saturated carbocycles. The van der Waals surface area contributed by atoms with Crippen molar-refractivity contribution < 1.29 is 9.84 Å². The Balaban J connectivity index is 1.91. The lowest BCUT2D eigenvalue weighted by molar-refractivity contribution is -0.0425. The number of aliphatic hydroxyl groups excluding tert-OH is 1. The number of rotatable bonds is 6. The van der Waals surface area contributed by atoms with Gasteiger partial charge in [0.25, 0.3) is 0 Å². The minimum Gasteiger partial charge on any atom is -0.394 e. The van der Waals surface area contributed by atoms with Crippen molar-refractivity contribution in [1.29, 1.82) is 0 Å². The summed E-state index contributed by atoms with van der Waals surface area (Å²) in [5, 5.41) is 12.6. The van der Waals surface area contributed by atoms with Gasteiger partial charge in [-0.05, 0) is 19.4 Å². The molecule has 0 aliphatic carbocycles. The van der Waals surface area contributed by atoms with E-state index in [1.54, 1.807) is 0 Å². The third-order valence-corrected chi connectivity index (χ3v) is 3.39. The van der Waals surface area contributed by atoms with Crippen LogP contribution in [-0.4, -0.2) is 53.5 Å². The molecule has 1 aliphatic rings. The fourth-order valence-electron chi connectivity index (χ4n) is 2.42. The van der Waals surface area contributed by atoms with Crippen LogP contribution in [0.4, 0.5) is 5.95 Å². The first kappa shape index (κ1) is 16.1. The topological polar surface area (TPSA) is 70.5 Å². The summed E-state index contributed by atoms with van der Waals surface area (Å²) in [6, 6.07) is 0. The van der Waals surface area contributed by atoms with E-state index in [9.17, 15) is 5.11 Å². The van der Waals surface area contributed by atoms with Crippen molar-refractivity contribution in [2.75, 3.05) is 31.1 Å². The maximum absolute atomic E-state index is 9.26. The summed E-state index contributed by atoms with van der Waals surface area (Å²) in [4.78, 5) is 11.0. The number of hydrogen-bond donors (Lipinski definition) is 2. The Bertz CT molecular complexity index is 424. The maximum atomic E-state index is 9.26. The van der Waals surface area contributed by atoms with E-state index in [4.69, 9.17) is 4.74 Å². The third kappa shape index (κ3) is 4.91. The van der Waals surface area contributed by atoms with Crippen molar-refractivity contribution in [2.45, 2.75) is 39.5 Å². The Morgan fingerprint density at radius 1 is 1.38 bits per heavy atom. The van der Waals surface area contributed by atoms with Crippen molar-refractivity contribution in [3.63, 3.8) is 0 Å². The Labute approximate surface area is 126 Å². The molecule has 0 bridgehead atoms. The van der Waals surface area contributed by atoms with Crippen molar-refractivity contribution in [3.05, 3.63) is 18.0 Å². The zero-order chi connectivity index (χ0) is 15.2. The largest absolute Gasteiger partial charge is 0.394 e. The number of nitrogens with zero attached hydrogens (tertiary/aromatic N) is 3. The van der Waals surface area contributed by atoms with Crippen LogP contribution in [0.1, 0.15) is 26.3 Å². The van der Waals surface area contributed by atoms with E-state index in [1.165, 1.54) is 0 Å². The Morgan fingerprint density at radius 3 is 2.71 bits per heavy atom. The number of hydrogen-bond acceptors (Lipinski definition) is 6. The molecule has 6 heteroatoms. The highest BCUT2D eigenvalue weighted by molar-refractivity contribution is 5.31. The quantitative estimate of drug-likeness (QED) is 0.809. The second-order valence-electron chi connectivity index (χ2n) is 6.07. The maximum Gasteiger partial charge on any atom is 0.225 e. The average molecular weight is 294 g/mol. The average Bonchev–Trinajstić information content (AvgIpc) is 2.47. The molecule has 1 aliphatic heterocycles. The van der Waals surface area contributed by atoms with Crippen LogP contribution in [0.15, 0.2) is 12.4 Å². The number of anilines is 1. The van der Waals surface area contributed by atoms with E-state index in [0.29, 0.717) is 18.4 Å². The zero-order valence-electron chi connectivity index (χ0n) is 13.1. The van der Waals surface area contributed by atoms with Gasteiger partial charge in [0, 0.05) is 37.6 Å². The summed E-state index contributed by atoms with van der Waals surface area (Å²) in [6.07, 6.45) is 3.64. The Kier molecular flexibility index (Phi) is 5.90. The second-order valence-corrected chi connectivity index (χ2v) is 6.07. The van der Waals surface area contributed by atoms with Gasteiger partial charge < -0.3 is 20.1 Å². The summed E-state index contributed by atoms with van der Waals surface area (Å²) in [5.41, 5.74) is 1.08. The van der Waals surface area contributed by atoms with Gasteiger partial charge in [-0.25, -0.2) is 9.97 Å². The smallest absolute Gasteiger partial charge is 0.225 e. The normalized spacial score (nSPS) is 22.8. The molecule has 2 unspecified atom stereocenters. The minimum absolute atomic E-state index is 0.0258. The molecule has 1 aromatic heterocycles. The molecule has 2 N–H and O–H groups in total. The first-order valence-corrected chi connectivity index (χ1v) is 7.61. The standard InChI is InChI=1S/C15H26N4O2/c1-11(2)4-16-5-13-6-17-15(18-7-13)19-8-12(3)21-14(9-19)10-20/h6-7,11-12,14,16,20H,4-5,8-10H2,1-3H3. The monoisotopic (exact) mass is 294 g/mol. The van der Waals surface area contributed by atoms with Crippen molar-refractivity contribution in [3.8, 4) is 0 Å². The van der Waals surface area contributed by atoms with Gasteiger partial charge in [-0.2, -0.15) is 0 Å². The number of nitrogens with one attached hydrogen (secondary N) is 1. The summed E-state index contributed by atoms with van der Waals surface area (Å²) in [6.45, 7) is 9.55. The summed E-state index contributed by atoms with van der Waals surface area (Å²) >= 11 is 0. The third-order valence-electron chi connectivity index (χ3n) is 3.39. The van der Waals surface area contributed by atoms with Gasteiger partial charge >= 0.3 is 0 Å². The predicted molar refractivity (Wildman–Crippen MR) is 82.2 cm³/mol. The molecule has 118 valence electrons. The number of aliphatic hydroxyl groups is 1. The lowest BCUT2D eigenvalue weighted by Gasteiger charge is -2.36. The highest BCUT2D eigenvalue weighted by Gasteiger charge is 2.26. The van der Waals surface area contributed by atoms with E-state index in [2.05, 4.69) is 34.0 Å². The molecule has 1 saturated heterocycles. The van der Waals surface area contributed by atoms with Crippen LogP contribution in [0, 0.1) is 5.92 Å². The number of aromatic nitrogens is 2. The van der Waals surface area contributed by atoms with Gasteiger partial charge in [0.2, 0.25) is 5.95 Å². The summed E-state index contributed by atoms with van der Waals surface area (Å²) in [7, 11) is 0. The SMILES string of the molecule is CC(C)CNCc1cnc(N2CC(C)OC(CO)C2)nc1. The van der Waals surface area contributed by atoms with E-state index in [1.807, 2.05) is 19.3 Å². The first-order valence-electron chi connectivity index (χ1n) is 7.61. The molecule has 0 aromatic carbocycles. The molecular weight excluding hydrogens is 268 g/mol. The van der Waals surface area contributed by atoms with Gasteiger partial charge in [-0.1, -0.05) is 13.8 Å². The van der Waals surface area contributed by atoms with E-state index >= 15 is 0 Å². The van der Waals surface area contributed by atoms with E-state index in [-0.39, 0.29) is 18.8 Å². The fourth-order valence-corrected chi connectivity index (χ4v) is 2.42. The van der Waals surface area contributed by atoms with Crippen molar-refractivity contribution in [1.82, 2.24) is 15.3 Å². The summed E-state index contributed by atoms with van der Waals surface area (Å²) < 4.78 is 5.63.